The minimum Gasteiger partial charge on any atom is -0.367 e. The lowest BCUT2D eigenvalue weighted by Gasteiger charge is -2.34. The van der Waals surface area contributed by atoms with Crippen molar-refractivity contribution < 1.29 is 19.1 Å². The van der Waals surface area contributed by atoms with Crippen LogP contribution in [0.1, 0.15) is 42.5 Å². The molecule has 13 heteroatoms. The van der Waals surface area contributed by atoms with Crippen LogP contribution < -0.4 is 10.2 Å². The van der Waals surface area contributed by atoms with Gasteiger partial charge in [-0.15, -0.1) is 11.3 Å². The molecule has 42 heavy (non-hydrogen) atoms. The van der Waals surface area contributed by atoms with Crippen molar-refractivity contribution in [2.75, 3.05) is 51.3 Å². The number of amides is 2. The summed E-state index contributed by atoms with van der Waals surface area (Å²) in [6, 6.07) is 5.11. The van der Waals surface area contributed by atoms with Gasteiger partial charge >= 0.3 is 0 Å². The van der Waals surface area contributed by atoms with Gasteiger partial charge in [0.1, 0.15) is 18.7 Å². The molecule has 2 amide bonds. The Balaban J connectivity index is 1.17. The SMILES string of the molecule is CN1CCN(c2nc(-c3ccc(C(=O)N[C@H](C(=O)N4C[C@H](N=[N+]=[N-])[C@H]5OCC(=O)[C@H]54)C4CCCCC4)cc3)cs2)CC1. The molecule has 2 aromatic rings. The summed E-state index contributed by atoms with van der Waals surface area (Å²) in [5.41, 5.74) is 11.3. The van der Waals surface area contributed by atoms with Gasteiger partial charge in [-0.2, -0.15) is 0 Å². The molecule has 4 fully saturated rings. The number of anilines is 1. The Kier molecular flexibility index (Phi) is 8.43. The van der Waals surface area contributed by atoms with Crippen molar-refractivity contribution in [3.05, 3.63) is 45.7 Å². The lowest BCUT2D eigenvalue weighted by Crippen LogP contribution is -2.55. The lowest BCUT2D eigenvalue weighted by atomic mass is 9.83. The third-order valence-corrected chi connectivity index (χ3v) is 9.92. The van der Waals surface area contributed by atoms with E-state index in [0.717, 1.165) is 74.7 Å². The van der Waals surface area contributed by atoms with Gasteiger partial charge in [-0.1, -0.05) is 36.5 Å². The molecule has 12 nitrogen and oxygen atoms in total. The number of nitrogens with one attached hydrogen (secondary N) is 1. The standard InChI is InChI=1S/C29H36N8O4S/c1-35-11-13-36(14-12-35)29-31-22(17-42-29)18-7-9-20(10-8-18)27(39)32-24(19-5-3-2-4-6-19)28(40)37-15-21(33-34-30)26-25(37)23(38)16-41-26/h7-10,17,19,21,24-26H,2-6,11-16H2,1H3,(H,32,39)/t21-,24-,25+,26+/m0/s1. The number of thiazole rings is 1. The first-order valence-corrected chi connectivity index (χ1v) is 15.6. The molecular formula is C29H36N8O4S. The van der Waals surface area contributed by atoms with E-state index < -0.39 is 24.2 Å². The van der Waals surface area contributed by atoms with Crippen LogP contribution in [-0.2, 0) is 14.3 Å². The van der Waals surface area contributed by atoms with Gasteiger partial charge in [0.2, 0.25) is 5.91 Å². The van der Waals surface area contributed by atoms with Gasteiger partial charge in [-0.3, -0.25) is 14.4 Å². The number of Topliss-reactive ketones (excluding diaryl/α,β-unsaturated/α-hetero) is 1. The van der Waals surface area contributed by atoms with Crippen LogP contribution in [0.4, 0.5) is 5.13 Å². The fourth-order valence-electron chi connectivity index (χ4n) is 6.61. The summed E-state index contributed by atoms with van der Waals surface area (Å²) in [5.74, 6) is -0.883. The highest BCUT2D eigenvalue weighted by Gasteiger charge is 2.53. The van der Waals surface area contributed by atoms with Gasteiger partial charge in [0.05, 0.1) is 17.8 Å². The monoisotopic (exact) mass is 592 g/mol. The smallest absolute Gasteiger partial charge is 0.251 e. The Bertz CT molecular complexity index is 1360. The van der Waals surface area contributed by atoms with E-state index in [-0.39, 0.29) is 36.7 Å². The average molecular weight is 593 g/mol. The molecule has 3 saturated heterocycles. The number of carbonyl (C=O) groups is 3. The van der Waals surface area contributed by atoms with Crippen molar-refractivity contribution in [3.63, 3.8) is 0 Å². The number of ether oxygens (including phenoxy) is 1. The normalized spacial score (nSPS) is 25.6. The molecule has 1 N–H and O–H groups in total. The fraction of sp³-hybridized carbons (Fsp3) is 0.586. The zero-order valence-electron chi connectivity index (χ0n) is 23.7. The van der Waals surface area contributed by atoms with E-state index in [2.05, 4.69) is 32.2 Å². The number of benzene rings is 1. The number of likely N-dealkylation sites (N-methyl/N-ethyl adjacent to an activating group) is 1. The van der Waals surface area contributed by atoms with E-state index in [1.54, 1.807) is 23.5 Å². The molecule has 0 bridgehead atoms. The first-order valence-electron chi connectivity index (χ1n) is 14.7. The molecule has 4 heterocycles. The van der Waals surface area contributed by atoms with E-state index in [1.165, 1.54) is 4.90 Å². The van der Waals surface area contributed by atoms with Crippen molar-refractivity contribution in [3.8, 4) is 11.3 Å². The predicted molar refractivity (Wildman–Crippen MR) is 158 cm³/mol. The van der Waals surface area contributed by atoms with E-state index in [0.29, 0.717) is 5.56 Å². The second kappa shape index (κ2) is 12.4. The summed E-state index contributed by atoms with van der Waals surface area (Å²) in [6.45, 7) is 3.92. The Morgan fingerprint density at radius 1 is 1.14 bits per heavy atom. The molecule has 1 aromatic carbocycles. The first-order chi connectivity index (χ1) is 20.4. The van der Waals surface area contributed by atoms with Crippen LogP contribution >= 0.6 is 11.3 Å². The Morgan fingerprint density at radius 3 is 2.60 bits per heavy atom. The number of nitrogens with zero attached hydrogens (tertiary/aromatic N) is 7. The minimum absolute atomic E-state index is 0.0353. The van der Waals surface area contributed by atoms with Gasteiger partial charge in [0, 0.05) is 54.1 Å². The minimum atomic E-state index is -0.788. The zero-order chi connectivity index (χ0) is 29.2. The largest absolute Gasteiger partial charge is 0.367 e. The highest BCUT2D eigenvalue weighted by atomic mass is 32.1. The number of azide groups is 1. The van der Waals surface area contributed by atoms with Crippen molar-refractivity contribution in [1.29, 1.82) is 0 Å². The fourth-order valence-corrected chi connectivity index (χ4v) is 7.50. The molecule has 0 spiro atoms. The number of hydrogen-bond donors (Lipinski definition) is 1. The maximum absolute atomic E-state index is 14.0. The number of rotatable bonds is 7. The van der Waals surface area contributed by atoms with E-state index in [9.17, 15) is 14.4 Å². The van der Waals surface area contributed by atoms with Gasteiger partial charge in [-0.25, -0.2) is 4.98 Å². The predicted octanol–water partition coefficient (Wildman–Crippen LogP) is 3.10. The van der Waals surface area contributed by atoms with E-state index in [1.807, 2.05) is 17.5 Å². The molecule has 4 aliphatic rings. The number of hydrogen-bond acceptors (Lipinski definition) is 9. The van der Waals surface area contributed by atoms with Crippen LogP contribution in [-0.4, -0.2) is 103 Å². The molecule has 0 radical (unpaired) electrons. The summed E-state index contributed by atoms with van der Waals surface area (Å²) in [7, 11) is 2.13. The van der Waals surface area contributed by atoms with Crippen LogP contribution in [0.25, 0.3) is 21.7 Å². The van der Waals surface area contributed by atoms with Gasteiger partial charge in [-0.05, 0) is 43.5 Å². The number of likely N-dealkylation sites (tertiary alicyclic amines) is 1. The second-order valence-electron chi connectivity index (χ2n) is 11.7. The van der Waals surface area contributed by atoms with Crippen LogP contribution in [0, 0.1) is 5.92 Å². The van der Waals surface area contributed by atoms with Crippen LogP contribution in [0.5, 0.6) is 0 Å². The average Bonchev–Trinajstić information content (AvgIpc) is 3.75. The first kappa shape index (κ1) is 28.6. The highest BCUT2D eigenvalue weighted by Crippen LogP contribution is 2.34. The summed E-state index contributed by atoms with van der Waals surface area (Å²) in [6.07, 6.45) is 4.06. The molecule has 1 aromatic heterocycles. The third kappa shape index (κ3) is 5.74. The third-order valence-electron chi connectivity index (χ3n) is 9.02. The molecule has 1 aliphatic carbocycles. The molecule has 4 atom stereocenters. The Labute approximate surface area is 248 Å². The highest BCUT2D eigenvalue weighted by molar-refractivity contribution is 7.14. The van der Waals surface area contributed by atoms with E-state index in [4.69, 9.17) is 15.3 Å². The number of aromatic nitrogens is 1. The number of carbonyl (C=O) groups excluding carboxylic acids is 3. The zero-order valence-corrected chi connectivity index (χ0v) is 24.5. The molecule has 6 rings (SSSR count). The van der Waals surface area contributed by atoms with Crippen molar-refractivity contribution in [2.24, 2.45) is 11.0 Å². The number of piperazine rings is 1. The second-order valence-corrected chi connectivity index (χ2v) is 12.5. The van der Waals surface area contributed by atoms with Crippen molar-refractivity contribution >= 4 is 34.1 Å². The Hall–Kier alpha value is -3.51. The van der Waals surface area contributed by atoms with Crippen LogP contribution in [0.3, 0.4) is 0 Å². The molecular weight excluding hydrogens is 556 g/mol. The summed E-state index contributed by atoms with van der Waals surface area (Å²) >= 11 is 1.63. The van der Waals surface area contributed by atoms with Crippen LogP contribution in [0.15, 0.2) is 34.8 Å². The molecule has 0 unspecified atom stereocenters. The van der Waals surface area contributed by atoms with Gasteiger partial charge in [0.15, 0.2) is 10.9 Å². The Morgan fingerprint density at radius 2 is 1.88 bits per heavy atom. The molecule has 1 saturated carbocycles. The summed E-state index contributed by atoms with van der Waals surface area (Å²) in [4.78, 5) is 54.0. The maximum Gasteiger partial charge on any atom is 0.251 e. The van der Waals surface area contributed by atoms with Gasteiger partial charge in [0.25, 0.3) is 5.91 Å². The van der Waals surface area contributed by atoms with Crippen molar-refractivity contribution in [2.45, 2.75) is 56.3 Å². The molecule has 3 aliphatic heterocycles. The van der Waals surface area contributed by atoms with Gasteiger partial charge < -0.3 is 24.8 Å². The summed E-state index contributed by atoms with van der Waals surface area (Å²) in [5, 5.41) is 9.86. The van der Waals surface area contributed by atoms with E-state index >= 15 is 0 Å². The van der Waals surface area contributed by atoms with Crippen LogP contribution in [0.2, 0.25) is 0 Å². The number of fused-ring (bicyclic) bond motifs is 1. The molecule has 222 valence electrons. The topological polar surface area (TPSA) is 144 Å². The quantitative estimate of drug-likeness (QED) is 0.296. The number of ketones is 1. The summed E-state index contributed by atoms with van der Waals surface area (Å²) < 4.78 is 5.59. The maximum atomic E-state index is 14.0. The lowest BCUT2D eigenvalue weighted by molar-refractivity contribution is -0.139. The van der Waals surface area contributed by atoms with Crippen molar-refractivity contribution in [1.82, 2.24) is 20.1 Å².